The van der Waals surface area contributed by atoms with Crippen molar-refractivity contribution in [3.05, 3.63) is 34.9 Å². The average molecular weight is 331 g/mol. The zero-order valence-corrected chi connectivity index (χ0v) is 14.9. The standard InChI is InChI=1S/C19H29N3O2/c1-15-3-4-16(14-22-9-11-24-12-10-22)13-18(15)19(23)20-17-5-7-21(2)8-6-17/h3-4,13,17H,5-12,14H2,1-2H3,(H,20,23). The molecule has 2 aliphatic rings. The smallest absolute Gasteiger partial charge is 0.251 e. The summed E-state index contributed by atoms with van der Waals surface area (Å²) in [7, 11) is 2.14. The summed E-state index contributed by atoms with van der Waals surface area (Å²) in [6, 6.07) is 6.57. The van der Waals surface area contributed by atoms with Gasteiger partial charge in [-0.1, -0.05) is 12.1 Å². The van der Waals surface area contributed by atoms with Crippen LogP contribution in [0.4, 0.5) is 0 Å². The van der Waals surface area contributed by atoms with Crippen molar-refractivity contribution in [3.63, 3.8) is 0 Å². The van der Waals surface area contributed by atoms with E-state index in [0.29, 0.717) is 6.04 Å². The van der Waals surface area contributed by atoms with Gasteiger partial charge in [0.1, 0.15) is 0 Å². The molecular formula is C19H29N3O2. The molecule has 0 bridgehead atoms. The molecule has 1 aromatic carbocycles. The van der Waals surface area contributed by atoms with E-state index in [4.69, 9.17) is 4.74 Å². The molecule has 2 fully saturated rings. The van der Waals surface area contributed by atoms with Crippen LogP contribution in [0.15, 0.2) is 18.2 Å². The number of benzene rings is 1. The molecule has 2 aliphatic heterocycles. The summed E-state index contributed by atoms with van der Waals surface area (Å²) in [5.41, 5.74) is 3.07. The van der Waals surface area contributed by atoms with Gasteiger partial charge in [-0.15, -0.1) is 0 Å². The van der Waals surface area contributed by atoms with Crippen LogP contribution in [-0.2, 0) is 11.3 Å². The number of nitrogens with one attached hydrogen (secondary N) is 1. The van der Waals surface area contributed by atoms with Crippen LogP contribution in [0.25, 0.3) is 0 Å². The summed E-state index contributed by atoms with van der Waals surface area (Å²) >= 11 is 0. The third-order valence-corrected chi connectivity index (χ3v) is 5.11. The van der Waals surface area contributed by atoms with Crippen LogP contribution in [0.2, 0.25) is 0 Å². The number of aryl methyl sites for hydroxylation is 1. The third kappa shape index (κ3) is 4.56. The van der Waals surface area contributed by atoms with E-state index in [9.17, 15) is 4.79 Å². The first-order valence-electron chi connectivity index (χ1n) is 9.01. The Balaban J connectivity index is 1.63. The van der Waals surface area contributed by atoms with Crippen LogP contribution >= 0.6 is 0 Å². The molecule has 0 atom stereocenters. The van der Waals surface area contributed by atoms with E-state index in [-0.39, 0.29) is 5.91 Å². The quantitative estimate of drug-likeness (QED) is 0.911. The van der Waals surface area contributed by atoms with Crippen LogP contribution < -0.4 is 5.32 Å². The van der Waals surface area contributed by atoms with Gasteiger partial charge in [-0.3, -0.25) is 9.69 Å². The third-order valence-electron chi connectivity index (χ3n) is 5.11. The maximum atomic E-state index is 12.7. The second-order valence-corrected chi connectivity index (χ2v) is 7.09. The second-order valence-electron chi connectivity index (χ2n) is 7.09. The molecule has 0 saturated carbocycles. The molecule has 0 aliphatic carbocycles. The van der Waals surface area contributed by atoms with Gasteiger partial charge in [-0.25, -0.2) is 0 Å². The summed E-state index contributed by atoms with van der Waals surface area (Å²) in [6.45, 7) is 8.54. The Bertz CT molecular complexity index is 562. The Morgan fingerprint density at radius 2 is 1.92 bits per heavy atom. The molecule has 3 rings (SSSR count). The van der Waals surface area contributed by atoms with Gasteiger partial charge < -0.3 is 15.0 Å². The molecule has 5 nitrogen and oxygen atoms in total. The van der Waals surface area contributed by atoms with E-state index in [2.05, 4.69) is 40.4 Å². The Kier molecular flexibility index (Phi) is 5.87. The summed E-state index contributed by atoms with van der Waals surface area (Å²) in [5.74, 6) is 0.0749. The highest BCUT2D eigenvalue weighted by Crippen LogP contribution is 2.16. The van der Waals surface area contributed by atoms with Crippen molar-refractivity contribution in [2.24, 2.45) is 0 Å². The molecule has 0 unspecified atom stereocenters. The number of amides is 1. The summed E-state index contributed by atoms with van der Waals surface area (Å²) in [4.78, 5) is 17.4. The number of ether oxygens (including phenoxy) is 1. The van der Waals surface area contributed by atoms with E-state index >= 15 is 0 Å². The van der Waals surface area contributed by atoms with Crippen LogP contribution in [0.3, 0.4) is 0 Å². The van der Waals surface area contributed by atoms with Gasteiger partial charge in [0, 0.05) is 31.2 Å². The van der Waals surface area contributed by atoms with Crippen molar-refractivity contribution in [2.45, 2.75) is 32.4 Å². The molecule has 0 spiro atoms. The number of piperidine rings is 1. The SMILES string of the molecule is Cc1ccc(CN2CCOCC2)cc1C(=O)NC1CCN(C)CC1. The average Bonchev–Trinajstić information content (AvgIpc) is 2.59. The molecule has 24 heavy (non-hydrogen) atoms. The normalized spacial score (nSPS) is 20.9. The highest BCUT2D eigenvalue weighted by Gasteiger charge is 2.20. The number of carbonyl (C=O) groups excluding carboxylic acids is 1. The predicted octanol–water partition coefficient (Wildman–Crippen LogP) is 1.65. The first-order chi connectivity index (χ1) is 11.6. The predicted molar refractivity (Wildman–Crippen MR) is 95.3 cm³/mol. The molecule has 1 aromatic rings. The van der Waals surface area contributed by atoms with E-state index in [1.807, 2.05) is 6.92 Å². The number of likely N-dealkylation sites (tertiary alicyclic amines) is 1. The zero-order chi connectivity index (χ0) is 16.9. The number of nitrogens with zero attached hydrogens (tertiary/aromatic N) is 2. The Morgan fingerprint density at radius 1 is 1.21 bits per heavy atom. The zero-order valence-electron chi connectivity index (χ0n) is 14.9. The van der Waals surface area contributed by atoms with E-state index in [0.717, 1.165) is 69.9 Å². The summed E-state index contributed by atoms with van der Waals surface area (Å²) in [6.07, 6.45) is 2.07. The minimum absolute atomic E-state index is 0.0749. The lowest BCUT2D eigenvalue weighted by Gasteiger charge is -2.29. The van der Waals surface area contributed by atoms with E-state index in [1.165, 1.54) is 5.56 Å². The maximum absolute atomic E-state index is 12.7. The molecule has 1 N–H and O–H groups in total. The van der Waals surface area contributed by atoms with Gasteiger partial charge in [0.2, 0.25) is 0 Å². The van der Waals surface area contributed by atoms with Crippen molar-refractivity contribution >= 4 is 5.91 Å². The topological polar surface area (TPSA) is 44.8 Å². The Morgan fingerprint density at radius 3 is 2.62 bits per heavy atom. The van der Waals surface area contributed by atoms with Gasteiger partial charge in [0.15, 0.2) is 0 Å². The van der Waals surface area contributed by atoms with Crippen molar-refractivity contribution in [1.82, 2.24) is 15.1 Å². The van der Waals surface area contributed by atoms with Gasteiger partial charge in [0.05, 0.1) is 13.2 Å². The number of hydrogen-bond donors (Lipinski definition) is 1. The minimum atomic E-state index is 0.0749. The largest absolute Gasteiger partial charge is 0.379 e. The lowest BCUT2D eigenvalue weighted by molar-refractivity contribution is 0.0341. The van der Waals surface area contributed by atoms with Crippen molar-refractivity contribution in [3.8, 4) is 0 Å². The highest BCUT2D eigenvalue weighted by atomic mass is 16.5. The fourth-order valence-electron chi connectivity index (χ4n) is 3.45. The van der Waals surface area contributed by atoms with Crippen LogP contribution in [0.5, 0.6) is 0 Å². The van der Waals surface area contributed by atoms with Gasteiger partial charge in [-0.05, 0) is 57.1 Å². The number of morpholine rings is 1. The van der Waals surface area contributed by atoms with Crippen LogP contribution in [0.1, 0.15) is 34.3 Å². The van der Waals surface area contributed by atoms with Gasteiger partial charge in [0.25, 0.3) is 5.91 Å². The summed E-state index contributed by atoms with van der Waals surface area (Å²) in [5, 5.41) is 3.23. The van der Waals surface area contributed by atoms with Gasteiger partial charge >= 0.3 is 0 Å². The molecule has 0 aromatic heterocycles. The molecule has 5 heteroatoms. The second kappa shape index (κ2) is 8.10. The summed E-state index contributed by atoms with van der Waals surface area (Å²) < 4.78 is 5.40. The Labute approximate surface area is 145 Å². The van der Waals surface area contributed by atoms with Gasteiger partial charge in [-0.2, -0.15) is 0 Å². The first kappa shape index (κ1) is 17.4. The van der Waals surface area contributed by atoms with Crippen LogP contribution in [0, 0.1) is 6.92 Å². The van der Waals surface area contributed by atoms with Crippen molar-refractivity contribution in [1.29, 1.82) is 0 Å². The molecule has 2 saturated heterocycles. The Hall–Kier alpha value is -1.43. The molecule has 1 amide bonds. The van der Waals surface area contributed by atoms with Crippen molar-refractivity contribution in [2.75, 3.05) is 46.4 Å². The molecule has 132 valence electrons. The first-order valence-corrected chi connectivity index (χ1v) is 9.01. The fraction of sp³-hybridized carbons (Fsp3) is 0.632. The lowest BCUT2D eigenvalue weighted by Crippen LogP contribution is -2.43. The van der Waals surface area contributed by atoms with Crippen LogP contribution in [-0.4, -0.2) is 68.2 Å². The molecular weight excluding hydrogens is 302 g/mol. The number of carbonyl (C=O) groups is 1. The highest BCUT2D eigenvalue weighted by molar-refractivity contribution is 5.96. The monoisotopic (exact) mass is 331 g/mol. The number of rotatable bonds is 4. The van der Waals surface area contributed by atoms with E-state index < -0.39 is 0 Å². The van der Waals surface area contributed by atoms with Crippen molar-refractivity contribution < 1.29 is 9.53 Å². The molecule has 2 heterocycles. The van der Waals surface area contributed by atoms with E-state index in [1.54, 1.807) is 0 Å². The molecule has 0 radical (unpaired) electrons. The number of hydrogen-bond acceptors (Lipinski definition) is 4. The fourth-order valence-corrected chi connectivity index (χ4v) is 3.45. The maximum Gasteiger partial charge on any atom is 0.251 e. The minimum Gasteiger partial charge on any atom is -0.379 e. The lowest BCUT2D eigenvalue weighted by atomic mass is 10.0.